The van der Waals surface area contributed by atoms with Gasteiger partial charge in [-0.1, -0.05) is 36.4 Å². The molecule has 0 radical (unpaired) electrons. The number of hydrogen-bond acceptors (Lipinski definition) is 4. The number of carbonyl (C=O) groups excluding carboxylic acids is 2. The Labute approximate surface area is 156 Å². The molecule has 1 aliphatic rings. The van der Waals surface area contributed by atoms with Crippen LogP contribution in [0.5, 0.6) is 5.75 Å². The second-order valence-electron chi connectivity index (χ2n) is 6.33. The number of carboxylic acid groups (broad SMARTS) is 1. The molecule has 7 heteroatoms. The Balaban J connectivity index is 1.55. The smallest absolute Gasteiger partial charge is 0.330 e. The normalized spacial score (nSPS) is 14.1. The van der Waals surface area contributed by atoms with Crippen molar-refractivity contribution in [2.24, 2.45) is 5.92 Å². The largest absolute Gasteiger partial charge is 0.484 e. The maximum absolute atomic E-state index is 12.1. The van der Waals surface area contributed by atoms with E-state index in [1.807, 2.05) is 0 Å². The monoisotopic (exact) mass is 368 g/mol. The molecular formula is C20H20N2O5. The molecule has 1 atom stereocenters. The quantitative estimate of drug-likeness (QED) is 0.663. The molecule has 2 aromatic rings. The highest BCUT2D eigenvalue weighted by molar-refractivity contribution is 5.94. The van der Waals surface area contributed by atoms with Crippen molar-refractivity contribution in [2.75, 3.05) is 11.9 Å². The number of hydrogen-bond donors (Lipinski definition) is 3. The maximum Gasteiger partial charge on any atom is 0.330 e. The summed E-state index contributed by atoms with van der Waals surface area (Å²) in [6.07, 6.45) is 1.82. The van der Waals surface area contributed by atoms with Gasteiger partial charge >= 0.3 is 5.97 Å². The van der Waals surface area contributed by atoms with Gasteiger partial charge in [-0.25, -0.2) is 4.79 Å². The minimum Gasteiger partial charge on any atom is -0.484 e. The third-order valence-corrected chi connectivity index (χ3v) is 4.10. The molecule has 0 saturated heterocycles. The molecule has 2 amide bonds. The first-order chi connectivity index (χ1) is 13.0. The summed E-state index contributed by atoms with van der Waals surface area (Å²) in [5, 5.41) is 14.6. The van der Waals surface area contributed by atoms with Crippen molar-refractivity contribution in [3.05, 3.63) is 60.2 Å². The van der Waals surface area contributed by atoms with Crippen LogP contribution in [0.25, 0.3) is 0 Å². The third-order valence-electron chi connectivity index (χ3n) is 4.10. The van der Waals surface area contributed by atoms with E-state index in [1.165, 1.54) is 0 Å². The van der Waals surface area contributed by atoms with E-state index >= 15 is 0 Å². The molecule has 0 aromatic heterocycles. The van der Waals surface area contributed by atoms with E-state index in [2.05, 4.69) is 10.6 Å². The van der Waals surface area contributed by atoms with E-state index < -0.39 is 17.9 Å². The molecule has 27 heavy (non-hydrogen) atoms. The van der Waals surface area contributed by atoms with E-state index in [0.717, 1.165) is 12.8 Å². The topological polar surface area (TPSA) is 105 Å². The molecule has 0 spiro atoms. The highest BCUT2D eigenvalue weighted by Gasteiger charge is 2.29. The zero-order chi connectivity index (χ0) is 19.2. The number of carboxylic acids is 1. The van der Waals surface area contributed by atoms with Gasteiger partial charge in [0.1, 0.15) is 5.75 Å². The molecule has 1 fully saturated rings. The van der Waals surface area contributed by atoms with Crippen LogP contribution in [0.15, 0.2) is 54.6 Å². The van der Waals surface area contributed by atoms with Gasteiger partial charge in [-0.05, 0) is 30.5 Å². The van der Waals surface area contributed by atoms with Crippen molar-refractivity contribution in [1.82, 2.24) is 5.32 Å². The minimum absolute atomic E-state index is 0.0166. The summed E-state index contributed by atoms with van der Waals surface area (Å²) in [5.41, 5.74) is 1.07. The summed E-state index contributed by atoms with van der Waals surface area (Å²) < 4.78 is 5.43. The van der Waals surface area contributed by atoms with Gasteiger partial charge < -0.3 is 20.5 Å². The molecule has 1 saturated carbocycles. The fourth-order valence-corrected chi connectivity index (χ4v) is 2.54. The fraction of sp³-hybridized carbons (Fsp3) is 0.250. The fourth-order valence-electron chi connectivity index (χ4n) is 2.54. The summed E-state index contributed by atoms with van der Waals surface area (Å²) in [6.45, 7) is -0.337. The highest BCUT2D eigenvalue weighted by Crippen LogP contribution is 2.30. The average Bonchev–Trinajstić information content (AvgIpc) is 3.50. The third kappa shape index (κ3) is 5.31. The van der Waals surface area contributed by atoms with Crippen LogP contribution in [0.4, 0.5) is 5.69 Å². The van der Waals surface area contributed by atoms with Crippen molar-refractivity contribution in [1.29, 1.82) is 0 Å². The van der Waals surface area contributed by atoms with E-state index in [4.69, 9.17) is 4.74 Å². The molecule has 3 N–H and O–H groups in total. The SMILES string of the molecule is O=C(COc1cccc(NC(=O)C2CC2)c1)N[C@@H](C(=O)O)c1ccccc1. The lowest BCUT2D eigenvalue weighted by Gasteiger charge is -2.15. The Morgan fingerprint density at radius 3 is 2.48 bits per heavy atom. The Bertz CT molecular complexity index is 833. The predicted molar refractivity (Wildman–Crippen MR) is 98.3 cm³/mol. The molecule has 140 valence electrons. The van der Waals surface area contributed by atoms with Crippen LogP contribution in [-0.2, 0) is 14.4 Å². The lowest BCUT2D eigenvalue weighted by Crippen LogP contribution is -2.36. The summed E-state index contributed by atoms with van der Waals surface area (Å²) >= 11 is 0. The molecule has 3 rings (SSSR count). The van der Waals surface area contributed by atoms with E-state index in [0.29, 0.717) is 17.0 Å². The van der Waals surface area contributed by atoms with E-state index in [9.17, 15) is 19.5 Å². The number of ether oxygens (including phenoxy) is 1. The summed E-state index contributed by atoms with van der Waals surface area (Å²) in [4.78, 5) is 35.3. The van der Waals surface area contributed by atoms with Gasteiger partial charge in [0.05, 0.1) is 0 Å². The van der Waals surface area contributed by atoms with Crippen LogP contribution >= 0.6 is 0 Å². The number of benzene rings is 2. The van der Waals surface area contributed by atoms with Crippen LogP contribution in [0, 0.1) is 5.92 Å². The van der Waals surface area contributed by atoms with Gasteiger partial charge in [0.15, 0.2) is 12.6 Å². The van der Waals surface area contributed by atoms with Crippen molar-refractivity contribution >= 4 is 23.5 Å². The molecule has 2 aromatic carbocycles. The van der Waals surface area contributed by atoms with Crippen molar-refractivity contribution in [3.63, 3.8) is 0 Å². The Morgan fingerprint density at radius 1 is 1.07 bits per heavy atom. The van der Waals surface area contributed by atoms with Gasteiger partial charge in [-0.15, -0.1) is 0 Å². The Kier molecular flexibility index (Phi) is 5.71. The zero-order valence-corrected chi connectivity index (χ0v) is 14.6. The molecule has 0 heterocycles. The standard InChI is InChI=1S/C20H20N2O5/c23-17(22-18(20(25)26)13-5-2-1-3-6-13)12-27-16-8-4-7-15(11-16)21-19(24)14-9-10-14/h1-8,11,14,18H,9-10,12H2,(H,21,24)(H,22,23)(H,25,26)/t18-/m1/s1. The number of nitrogens with one attached hydrogen (secondary N) is 2. The number of rotatable bonds is 8. The Morgan fingerprint density at radius 2 is 1.81 bits per heavy atom. The van der Waals surface area contributed by atoms with Crippen LogP contribution in [0.2, 0.25) is 0 Å². The minimum atomic E-state index is -1.15. The first-order valence-corrected chi connectivity index (χ1v) is 8.64. The van der Waals surface area contributed by atoms with Gasteiger partial charge in [0, 0.05) is 17.7 Å². The van der Waals surface area contributed by atoms with Gasteiger partial charge in [-0.2, -0.15) is 0 Å². The lowest BCUT2D eigenvalue weighted by atomic mass is 10.1. The first-order valence-electron chi connectivity index (χ1n) is 8.64. The molecule has 7 nitrogen and oxygen atoms in total. The summed E-state index contributed by atoms with van der Waals surface area (Å²) in [7, 11) is 0. The van der Waals surface area contributed by atoms with Gasteiger partial charge in [0.2, 0.25) is 5.91 Å². The molecule has 0 bridgehead atoms. The molecule has 0 unspecified atom stereocenters. The second-order valence-corrected chi connectivity index (χ2v) is 6.33. The van der Waals surface area contributed by atoms with Crippen molar-refractivity contribution in [2.45, 2.75) is 18.9 Å². The molecule has 1 aliphatic carbocycles. The zero-order valence-electron chi connectivity index (χ0n) is 14.6. The number of anilines is 1. The van der Waals surface area contributed by atoms with Crippen LogP contribution in [-0.4, -0.2) is 29.5 Å². The molecule has 0 aliphatic heterocycles. The number of carbonyl (C=O) groups is 3. The van der Waals surface area contributed by atoms with Gasteiger partial charge in [-0.3, -0.25) is 9.59 Å². The van der Waals surface area contributed by atoms with E-state index in [-0.39, 0.29) is 18.4 Å². The summed E-state index contributed by atoms with van der Waals surface area (Å²) in [5.74, 6) is -1.23. The van der Waals surface area contributed by atoms with Crippen LogP contribution in [0.1, 0.15) is 24.4 Å². The van der Waals surface area contributed by atoms with Crippen molar-refractivity contribution < 1.29 is 24.2 Å². The second kappa shape index (κ2) is 8.35. The molecular weight excluding hydrogens is 348 g/mol. The van der Waals surface area contributed by atoms with Gasteiger partial charge in [0.25, 0.3) is 5.91 Å². The van der Waals surface area contributed by atoms with Crippen LogP contribution < -0.4 is 15.4 Å². The average molecular weight is 368 g/mol. The lowest BCUT2D eigenvalue weighted by molar-refractivity contribution is -0.142. The maximum atomic E-state index is 12.1. The first kappa shape index (κ1) is 18.4. The van der Waals surface area contributed by atoms with E-state index in [1.54, 1.807) is 54.6 Å². The summed E-state index contributed by atoms with van der Waals surface area (Å²) in [6, 6.07) is 14.0. The highest BCUT2D eigenvalue weighted by atomic mass is 16.5. The van der Waals surface area contributed by atoms with Crippen molar-refractivity contribution in [3.8, 4) is 5.75 Å². The number of amides is 2. The number of aliphatic carboxylic acids is 1. The predicted octanol–water partition coefficient (Wildman–Crippen LogP) is 2.36. The Hall–Kier alpha value is -3.35. The van der Waals surface area contributed by atoms with Crippen LogP contribution in [0.3, 0.4) is 0 Å².